The van der Waals surface area contributed by atoms with Gasteiger partial charge in [0.05, 0.1) is 33.0 Å². The third kappa shape index (κ3) is 3.61. The number of fused-ring (bicyclic) bond motifs is 1. The molecule has 154 valence electrons. The number of aliphatic hydroxyl groups excluding tert-OH is 1. The number of halogens is 4. The second kappa shape index (κ2) is 7.08. The summed E-state index contributed by atoms with van der Waals surface area (Å²) in [6.07, 6.45) is -4.60. The number of pyridine rings is 3. The maximum atomic E-state index is 13.4. The molecule has 0 amide bonds. The standard InChI is InChI=1S/C19H18ClF3N4O2/c1-8-9(6-10(20)16(26-8)18(2,3)19(21,22)23)12-7-13(28)14-11(27-12)4-5-25-15(14)17(24)29/h4-7,17,29H,24H2,1-3H3,(H,27,28). The van der Waals surface area contributed by atoms with E-state index < -0.39 is 23.2 Å². The molecule has 0 aliphatic heterocycles. The molecule has 4 N–H and O–H groups in total. The van der Waals surface area contributed by atoms with Crippen LogP contribution >= 0.6 is 11.6 Å². The molecule has 0 aliphatic carbocycles. The first-order valence-electron chi connectivity index (χ1n) is 8.55. The molecule has 3 heterocycles. The van der Waals surface area contributed by atoms with Gasteiger partial charge in [0.15, 0.2) is 5.43 Å². The third-order valence-corrected chi connectivity index (χ3v) is 5.10. The van der Waals surface area contributed by atoms with Gasteiger partial charge in [0, 0.05) is 23.5 Å². The first kappa shape index (κ1) is 21.2. The number of aromatic nitrogens is 3. The number of hydrogen-bond donors (Lipinski definition) is 3. The molecule has 0 aliphatic rings. The van der Waals surface area contributed by atoms with Gasteiger partial charge >= 0.3 is 6.18 Å². The maximum absolute atomic E-state index is 13.4. The van der Waals surface area contributed by atoms with Gasteiger partial charge in [0.2, 0.25) is 0 Å². The van der Waals surface area contributed by atoms with Crippen LogP contribution in [0.3, 0.4) is 0 Å². The van der Waals surface area contributed by atoms with E-state index >= 15 is 0 Å². The lowest BCUT2D eigenvalue weighted by molar-refractivity contribution is -0.181. The molecule has 0 saturated carbocycles. The van der Waals surface area contributed by atoms with Crippen molar-refractivity contribution in [1.29, 1.82) is 0 Å². The lowest BCUT2D eigenvalue weighted by Gasteiger charge is -2.28. The van der Waals surface area contributed by atoms with Gasteiger partial charge in [-0.1, -0.05) is 11.6 Å². The van der Waals surface area contributed by atoms with Crippen LogP contribution in [0.15, 0.2) is 29.2 Å². The maximum Gasteiger partial charge on any atom is 0.399 e. The van der Waals surface area contributed by atoms with Gasteiger partial charge < -0.3 is 15.8 Å². The fourth-order valence-electron chi connectivity index (χ4n) is 3.02. The van der Waals surface area contributed by atoms with Crippen LogP contribution < -0.4 is 11.2 Å². The number of hydrogen-bond acceptors (Lipinski definition) is 5. The van der Waals surface area contributed by atoms with E-state index in [9.17, 15) is 23.1 Å². The van der Waals surface area contributed by atoms with E-state index in [0.29, 0.717) is 16.8 Å². The van der Waals surface area contributed by atoms with Crippen molar-refractivity contribution in [3.05, 3.63) is 56.7 Å². The minimum Gasteiger partial charge on any atom is -0.373 e. The van der Waals surface area contributed by atoms with Gasteiger partial charge in [0.25, 0.3) is 0 Å². The molecule has 0 aromatic carbocycles. The summed E-state index contributed by atoms with van der Waals surface area (Å²) in [5, 5.41) is 9.59. The van der Waals surface area contributed by atoms with Gasteiger partial charge in [0.1, 0.15) is 11.6 Å². The monoisotopic (exact) mass is 426 g/mol. The molecule has 0 fully saturated rings. The first-order chi connectivity index (χ1) is 13.3. The van der Waals surface area contributed by atoms with Crippen LogP contribution in [0.25, 0.3) is 22.2 Å². The Hall–Kier alpha value is -2.49. The predicted octanol–water partition coefficient (Wildman–Crippen LogP) is 3.74. The summed E-state index contributed by atoms with van der Waals surface area (Å²) in [4.78, 5) is 23.7. The highest BCUT2D eigenvalue weighted by molar-refractivity contribution is 6.31. The lowest BCUT2D eigenvalue weighted by Crippen LogP contribution is -2.37. The van der Waals surface area contributed by atoms with Crippen LogP contribution in [0.1, 0.15) is 37.2 Å². The van der Waals surface area contributed by atoms with Crippen molar-refractivity contribution in [2.24, 2.45) is 5.73 Å². The second-order valence-corrected chi connectivity index (χ2v) is 7.59. The lowest BCUT2D eigenvalue weighted by atomic mass is 9.87. The molecule has 10 heteroatoms. The Labute approximate surface area is 168 Å². The van der Waals surface area contributed by atoms with Gasteiger partial charge in [-0.05, 0) is 32.9 Å². The number of nitrogens with two attached hydrogens (primary N) is 1. The Morgan fingerprint density at radius 2 is 1.93 bits per heavy atom. The number of aromatic amines is 1. The molecule has 1 unspecified atom stereocenters. The van der Waals surface area contributed by atoms with Crippen LogP contribution in [0.4, 0.5) is 13.2 Å². The smallest absolute Gasteiger partial charge is 0.373 e. The average molecular weight is 427 g/mol. The number of H-pyrrole nitrogens is 1. The number of nitrogens with one attached hydrogen (secondary N) is 1. The zero-order chi connectivity index (χ0) is 21.7. The number of rotatable bonds is 3. The number of aryl methyl sites for hydroxylation is 1. The Morgan fingerprint density at radius 3 is 2.52 bits per heavy atom. The van der Waals surface area contributed by atoms with Crippen LogP contribution in [-0.2, 0) is 5.41 Å². The molecule has 3 aromatic heterocycles. The quantitative estimate of drug-likeness (QED) is 0.553. The molecule has 3 aromatic rings. The molecule has 0 bridgehead atoms. The van der Waals surface area contributed by atoms with Gasteiger partial charge in [-0.3, -0.25) is 14.8 Å². The first-order valence-corrected chi connectivity index (χ1v) is 8.92. The Balaban J connectivity index is 2.21. The zero-order valence-corrected chi connectivity index (χ0v) is 16.5. The third-order valence-electron chi connectivity index (χ3n) is 4.81. The predicted molar refractivity (Wildman–Crippen MR) is 104 cm³/mol. The van der Waals surface area contributed by atoms with Gasteiger partial charge in [-0.25, -0.2) is 0 Å². The van der Waals surface area contributed by atoms with E-state index in [1.165, 1.54) is 31.3 Å². The van der Waals surface area contributed by atoms with Crippen molar-refractivity contribution in [1.82, 2.24) is 15.0 Å². The summed E-state index contributed by atoms with van der Waals surface area (Å²) in [5.41, 5.74) is 3.79. The van der Waals surface area contributed by atoms with Crippen molar-refractivity contribution in [2.75, 3.05) is 0 Å². The summed E-state index contributed by atoms with van der Waals surface area (Å²) >= 11 is 6.15. The van der Waals surface area contributed by atoms with E-state index in [2.05, 4.69) is 15.0 Å². The van der Waals surface area contributed by atoms with Crippen molar-refractivity contribution in [2.45, 2.75) is 38.6 Å². The second-order valence-electron chi connectivity index (χ2n) is 7.19. The van der Waals surface area contributed by atoms with Crippen LogP contribution in [0.5, 0.6) is 0 Å². The Morgan fingerprint density at radius 1 is 1.28 bits per heavy atom. The van der Waals surface area contributed by atoms with E-state index in [1.54, 1.807) is 0 Å². The van der Waals surface area contributed by atoms with Crippen molar-refractivity contribution in [3.8, 4) is 11.3 Å². The molecule has 1 atom stereocenters. The largest absolute Gasteiger partial charge is 0.399 e. The normalized spacial score (nSPS) is 13.7. The molecule has 29 heavy (non-hydrogen) atoms. The minimum atomic E-state index is -4.54. The highest BCUT2D eigenvalue weighted by Gasteiger charge is 2.50. The number of nitrogens with zero attached hydrogens (tertiary/aromatic N) is 2. The fourth-order valence-corrected chi connectivity index (χ4v) is 3.41. The summed E-state index contributed by atoms with van der Waals surface area (Å²) in [6, 6.07) is 4.12. The highest BCUT2D eigenvalue weighted by atomic mass is 35.5. The van der Waals surface area contributed by atoms with Crippen molar-refractivity contribution in [3.63, 3.8) is 0 Å². The van der Waals surface area contributed by atoms with Crippen molar-refractivity contribution >= 4 is 22.5 Å². The van der Waals surface area contributed by atoms with Crippen LogP contribution in [-0.4, -0.2) is 26.2 Å². The minimum absolute atomic E-state index is 0.0189. The SMILES string of the molecule is Cc1nc(C(C)(C)C(F)(F)F)c(Cl)cc1-c1cc(=O)c2c(C(N)O)nccc2[nH]1. The highest BCUT2D eigenvalue weighted by Crippen LogP contribution is 2.43. The van der Waals surface area contributed by atoms with Crippen LogP contribution in [0.2, 0.25) is 5.02 Å². The van der Waals surface area contributed by atoms with Crippen molar-refractivity contribution < 1.29 is 18.3 Å². The number of aliphatic hydroxyl groups is 1. The molecular formula is C19H18ClF3N4O2. The molecule has 3 rings (SSSR count). The van der Waals surface area contributed by atoms with E-state index in [-0.39, 0.29) is 27.5 Å². The molecule has 0 saturated heterocycles. The molecule has 0 radical (unpaired) electrons. The summed E-state index contributed by atoms with van der Waals surface area (Å²) < 4.78 is 40.2. The van der Waals surface area contributed by atoms with E-state index in [4.69, 9.17) is 17.3 Å². The Kier molecular flexibility index (Phi) is 5.18. The summed E-state index contributed by atoms with van der Waals surface area (Å²) in [6.45, 7) is 3.54. The van der Waals surface area contributed by atoms with Gasteiger partial charge in [-0.15, -0.1) is 0 Å². The molecular weight excluding hydrogens is 409 g/mol. The Bertz CT molecular complexity index is 1160. The summed E-state index contributed by atoms with van der Waals surface area (Å²) in [7, 11) is 0. The number of alkyl halides is 3. The van der Waals surface area contributed by atoms with Gasteiger partial charge in [-0.2, -0.15) is 13.2 Å². The molecule has 0 spiro atoms. The van der Waals surface area contributed by atoms with E-state index in [1.807, 2.05) is 0 Å². The van der Waals surface area contributed by atoms with E-state index in [0.717, 1.165) is 13.8 Å². The topological polar surface area (TPSA) is 105 Å². The average Bonchev–Trinajstić information content (AvgIpc) is 2.61. The summed E-state index contributed by atoms with van der Waals surface area (Å²) in [5.74, 6) is 0. The fraction of sp³-hybridized carbons (Fsp3) is 0.316. The zero-order valence-electron chi connectivity index (χ0n) is 15.7. The van der Waals surface area contributed by atoms with Crippen LogP contribution in [0, 0.1) is 6.92 Å². The molecule has 6 nitrogen and oxygen atoms in total.